The first-order valence-electron chi connectivity index (χ1n) is 4.56. The number of halogens is 1. The molecule has 1 aromatic carbocycles. The lowest BCUT2D eigenvalue weighted by Gasteiger charge is -2.05. The van der Waals surface area contributed by atoms with Gasteiger partial charge in [0.25, 0.3) is 0 Å². The van der Waals surface area contributed by atoms with Gasteiger partial charge in [0.15, 0.2) is 0 Å². The Hall–Kier alpha value is -1.29. The molecule has 1 heterocycles. The maximum atomic E-state index is 5.17. The van der Waals surface area contributed by atoms with Crippen LogP contribution in [-0.4, -0.2) is 16.7 Å². The fourth-order valence-electron chi connectivity index (χ4n) is 1.37. The van der Waals surface area contributed by atoms with Gasteiger partial charge in [-0.3, -0.25) is 4.57 Å². The Morgan fingerprint density at radius 2 is 1.93 bits per heavy atom. The van der Waals surface area contributed by atoms with Crippen molar-refractivity contribution in [2.75, 3.05) is 7.11 Å². The van der Waals surface area contributed by atoms with Gasteiger partial charge in [0.2, 0.25) is 0 Å². The highest BCUT2D eigenvalue weighted by Crippen LogP contribution is 2.21. The lowest BCUT2D eigenvalue weighted by atomic mass is 10.2. The van der Waals surface area contributed by atoms with Crippen LogP contribution in [0.3, 0.4) is 0 Å². The number of hydrogen-bond acceptors (Lipinski definition) is 2. The van der Waals surface area contributed by atoms with Gasteiger partial charge in [0, 0.05) is 6.20 Å². The zero-order valence-electron chi connectivity index (χ0n) is 8.57. The third-order valence-electron chi connectivity index (χ3n) is 2.14. The molecular weight excluding hydrogens is 256 g/mol. The number of aryl methyl sites for hydroxylation is 1. The second kappa shape index (κ2) is 4.06. The molecule has 0 unspecified atom stereocenters. The van der Waals surface area contributed by atoms with Crippen molar-refractivity contribution < 1.29 is 4.74 Å². The van der Waals surface area contributed by atoms with Crippen LogP contribution < -0.4 is 4.74 Å². The van der Waals surface area contributed by atoms with Crippen LogP contribution in [-0.2, 0) is 0 Å². The van der Waals surface area contributed by atoms with E-state index in [4.69, 9.17) is 4.74 Å². The number of aromatic nitrogens is 2. The fourth-order valence-corrected chi connectivity index (χ4v) is 1.73. The van der Waals surface area contributed by atoms with E-state index in [1.807, 2.05) is 22.9 Å². The van der Waals surface area contributed by atoms with Crippen molar-refractivity contribution in [2.24, 2.45) is 0 Å². The lowest BCUT2D eigenvalue weighted by molar-refractivity contribution is 0.373. The Kier molecular flexibility index (Phi) is 2.77. The quantitative estimate of drug-likeness (QED) is 0.836. The number of benzene rings is 1. The van der Waals surface area contributed by atoms with E-state index in [0.29, 0.717) is 6.01 Å². The molecule has 0 radical (unpaired) electrons. The van der Waals surface area contributed by atoms with Crippen molar-refractivity contribution in [3.8, 4) is 11.7 Å². The molecule has 0 saturated carbocycles. The van der Waals surface area contributed by atoms with Crippen molar-refractivity contribution >= 4 is 15.9 Å². The zero-order valence-corrected chi connectivity index (χ0v) is 10.2. The van der Waals surface area contributed by atoms with Crippen molar-refractivity contribution in [1.82, 2.24) is 9.55 Å². The summed E-state index contributed by atoms with van der Waals surface area (Å²) < 4.78 is 7.83. The van der Waals surface area contributed by atoms with Crippen molar-refractivity contribution in [3.63, 3.8) is 0 Å². The van der Waals surface area contributed by atoms with E-state index < -0.39 is 0 Å². The second-order valence-electron chi connectivity index (χ2n) is 3.26. The summed E-state index contributed by atoms with van der Waals surface area (Å²) >= 11 is 3.32. The van der Waals surface area contributed by atoms with Gasteiger partial charge in [-0.25, -0.2) is 0 Å². The fraction of sp³-hybridized carbons (Fsp3) is 0.182. The van der Waals surface area contributed by atoms with Gasteiger partial charge in [-0.15, -0.1) is 0 Å². The highest BCUT2D eigenvalue weighted by atomic mass is 79.9. The molecule has 0 aliphatic rings. The van der Waals surface area contributed by atoms with Crippen LogP contribution >= 0.6 is 15.9 Å². The molecule has 0 atom stereocenters. The molecule has 1 aromatic heterocycles. The molecule has 78 valence electrons. The van der Waals surface area contributed by atoms with Gasteiger partial charge < -0.3 is 4.74 Å². The van der Waals surface area contributed by atoms with Crippen molar-refractivity contribution in [2.45, 2.75) is 6.92 Å². The number of imidazole rings is 1. The molecule has 4 heteroatoms. The number of rotatable bonds is 2. The first kappa shape index (κ1) is 10.2. The van der Waals surface area contributed by atoms with Gasteiger partial charge in [-0.05, 0) is 35.0 Å². The molecule has 0 fully saturated rings. The Bertz CT molecular complexity index is 462. The third kappa shape index (κ3) is 2.04. The molecule has 0 N–H and O–H groups in total. The third-order valence-corrected chi connectivity index (χ3v) is 2.52. The number of methoxy groups -OCH3 is 1. The normalized spacial score (nSPS) is 10.3. The highest BCUT2D eigenvalue weighted by molar-refractivity contribution is 9.10. The summed E-state index contributed by atoms with van der Waals surface area (Å²) in [5, 5.41) is 0. The molecule has 0 amide bonds. The number of nitrogens with zero attached hydrogens (tertiary/aromatic N) is 2. The van der Waals surface area contributed by atoms with Crippen molar-refractivity contribution in [1.29, 1.82) is 0 Å². The summed E-state index contributed by atoms with van der Waals surface area (Å²) in [5.41, 5.74) is 2.27. The topological polar surface area (TPSA) is 27.1 Å². The van der Waals surface area contributed by atoms with E-state index in [-0.39, 0.29) is 0 Å². The van der Waals surface area contributed by atoms with Gasteiger partial charge >= 0.3 is 6.01 Å². The molecule has 0 spiro atoms. The van der Waals surface area contributed by atoms with E-state index >= 15 is 0 Å². The summed E-state index contributed by atoms with van der Waals surface area (Å²) in [6.45, 7) is 2.06. The second-order valence-corrected chi connectivity index (χ2v) is 4.07. The number of ether oxygens (including phenoxy) is 1. The predicted octanol–water partition coefficient (Wildman–Crippen LogP) is 2.95. The molecule has 15 heavy (non-hydrogen) atoms. The van der Waals surface area contributed by atoms with Gasteiger partial charge in [-0.1, -0.05) is 17.7 Å². The molecule has 0 aliphatic carbocycles. The minimum absolute atomic E-state index is 0.575. The van der Waals surface area contributed by atoms with Crippen molar-refractivity contribution in [3.05, 3.63) is 40.6 Å². The average Bonchev–Trinajstić information content (AvgIpc) is 2.61. The Morgan fingerprint density at radius 3 is 2.53 bits per heavy atom. The Balaban J connectivity index is 2.48. The van der Waals surface area contributed by atoms with Crippen LogP contribution in [0, 0.1) is 6.92 Å². The van der Waals surface area contributed by atoms with Crippen LogP contribution in [0.15, 0.2) is 35.1 Å². The first-order chi connectivity index (χ1) is 7.20. The monoisotopic (exact) mass is 266 g/mol. The number of hydrogen-bond donors (Lipinski definition) is 0. The maximum Gasteiger partial charge on any atom is 0.301 e. The summed E-state index contributed by atoms with van der Waals surface area (Å²) in [7, 11) is 1.61. The van der Waals surface area contributed by atoms with E-state index in [1.54, 1.807) is 7.11 Å². The SMILES string of the molecule is COc1nc(Br)cn1-c1ccc(C)cc1. The van der Waals surface area contributed by atoms with E-state index in [0.717, 1.165) is 10.3 Å². The van der Waals surface area contributed by atoms with E-state index in [2.05, 4.69) is 40.0 Å². The molecule has 2 rings (SSSR count). The predicted molar refractivity (Wildman–Crippen MR) is 62.6 cm³/mol. The summed E-state index contributed by atoms with van der Waals surface area (Å²) in [5.74, 6) is 0. The zero-order chi connectivity index (χ0) is 10.8. The maximum absolute atomic E-state index is 5.17. The summed E-state index contributed by atoms with van der Waals surface area (Å²) in [6.07, 6.45) is 1.88. The molecule has 0 saturated heterocycles. The van der Waals surface area contributed by atoms with Crippen LogP contribution in [0.1, 0.15) is 5.56 Å². The standard InChI is InChI=1S/C11H11BrN2O/c1-8-3-5-9(6-4-8)14-7-10(12)13-11(14)15-2/h3-7H,1-2H3. The largest absolute Gasteiger partial charge is 0.468 e. The minimum Gasteiger partial charge on any atom is -0.468 e. The molecular formula is C11H11BrN2O. The van der Waals surface area contributed by atoms with Gasteiger partial charge in [-0.2, -0.15) is 4.98 Å². The minimum atomic E-state index is 0.575. The Morgan fingerprint density at radius 1 is 1.27 bits per heavy atom. The molecule has 0 bridgehead atoms. The molecule has 3 nitrogen and oxygen atoms in total. The smallest absolute Gasteiger partial charge is 0.301 e. The van der Waals surface area contributed by atoms with Crippen LogP contribution in [0.4, 0.5) is 0 Å². The first-order valence-corrected chi connectivity index (χ1v) is 5.36. The summed E-state index contributed by atoms with van der Waals surface area (Å²) in [6, 6.07) is 8.76. The van der Waals surface area contributed by atoms with Crippen LogP contribution in [0.2, 0.25) is 0 Å². The Labute approximate surface area is 96.8 Å². The average molecular weight is 267 g/mol. The molecule has 2 aromatic rings. The van der Waals surface area contributed by atoms with Crippen LogP contribution in [0.5, 0.6) is 6.01 Å². The summed E-state index contributed by atoms with van der Waals surface area (Å²) in [4.78, 5) is 4.19. The van der Waals surface area contributed by atoms with Crippen LogP contribution in [0.25, 0.3) is 5.69 Å². The van der Waals surface area contributed by atoms with Gasteiger partial charge in [0.05, 0.1) is 12.8 Å². The van der Waals surface area contributed by atoms with E-state index in [9.17, 15) is 0 Å². The molecule has 0 aliphatic heterocycles. The van der Waals surface area contributed by atoms with E-state index in [1.165, 1.54) is 5.56 Å². The highest BCUT2D eigenvalue weighted by Gasteiger charge is 2.07. The lowest BCUT2D eigenvalue weighted by Crippen LogP contribution is -1.96. The van der Waals surface area contributed by atoms with Gasteiger partial charge in [0.1, 0.15) is 4.60 Å².